The molecule has 0 N–H and O–H groups in total. The summed E-state index contributed by atoms with van der Waals surface area (Å²) < 4.78 is 0. The molecule has 2 heteroatoms. The monoisotopic (exact) mass is 225 g/mol. The number of hydrogen-bond donors (Lipinski definition) is 0. The van der Waals surface area contributed by atoms with Crippen LogP contribution in [0.25, 0.3) is 10.9 Å². The Kier molecular flexibility index (Phi) is 3.33. The van der Waals surface area contributed by atoms with E-state index in [1.807, 2.05) is 56.3 Å². The van der Waals surface area contributed by atoms with Crippen LogP contribution in [0.2, 0.25) is 0 Å². The summed E-state index contributed by atoms with van der Waals surface area (Å²) in [6, 6.07) is 9.57. The number of carbonyl (C=O) groups is 1. The number of benzene rings is 1. The van der Waals surface area contributed by atoms with Crippen LogP contribution >= 0.6 is 0 Å². The molecule has 1 atom stereocenters. The third kappa shape index (κ3) is 2.26. The van der Waals surface area contributed by atoms with E-state index in [-0.39, 0.29) is 11.7 Å². The Bertz CT molecular complexity index is 567. The highest BCUT2D eigenvalue weighted by atomic mass is 16.1. The van der Waals surface area contributed by atoms with Gasteiger partial charge in [-0.05, 0) is 19.1 Å². The molecule has 1 unspecified atom stereocenters. The van der Waals surface area contributed by atoms with Gasteiger partial charge < -0.3 is 0 Å². The van der Waals surface area contributed by atoms with Gasteiger partial charge in [0.2, 0.25) is 0 Å². The van der Waals surface area contributed by atoms with Crippen LogP contribution in [0.1, 0.15) is 24.2 Å². The van der Waals surface area contributed by atoms with Gasteiger partial charge in [-0.25, -0.2) is 0 Å². The van der Waals surface area contributed by atoms with E-state index in [0.29, 0.717) is 5.56 Å². The highest BCUT2D eigenvalue weighted by Crippen LogP contribution is 2.19. The summed E-state index contributed by atoms with van der Waals surface area (Å²) in [4.78, 5) is 16.6. The first kappa shape index (κ1) is 11.5. The number of para-hydroxylation sites is 1. The topological polar surface area (TPSA) is 30.0 Å². The van der Waals surface area contributed by atoms with Crippen molar-refractivity contribution in [2.75, 3.05) is 0 Å². The molecule has 1 aromatic carbocycles. The molecule has 0 amide bonds. The van der Waals surface area contributed by atoms with Gasteiger partial charge >= 0.3 is 0 Å². The first-order valence-electron chi connectivity index (χ1n) is 5.75. The van der Waals surface area contributed by atoms with Gasteiger partial charge in [0.25, 0.3) is 0 Å². The minimum absolute atomic E-state index is 0.104. The summed E-state index contributed by atoms with van der Waals surface area (Å²) in [6.07, 6.45) is 5.53. The van der Waals surface area contributed by atoms with Crippen molar-refractivity contribution in [3.63, 3.8) is 0 Å². The molecular weight excluding hydrogens is 210 g/mol. The first-order chi connectivity index (χ1) is 8.24. The molecule has 0 fully saturated rings. The zero-order chi connectivity index (χ0) is 12.3. The average Bonchev–Trinajstić information content (AvgIpc) is 2.37. The van der Waals surface area contributed by atoms with Crippen LogP contribution in [-0.2, 0) is 0 Å². The standard InChI is InChI=1S/C15H15NO/c1-3-6-11(2)15(17)13-9-4-7-12-8-5-10-16-14(12)13/h3-11H,1-2H3. The zero-order valence-electron chi connectivity index (χ0n) is 10.1. The van der Waals surface area contributed by atoms with E-state index in [1.54, 1.807) is 6.20 Å². The number of nitrogens with zero attached hydrogens (tertiary/aromatic N) is 1. The number of pyridine rings is 1. The molecule has 1 heterocycles. The molecule has 2 aromatic rings. The van der Waals surface area contributed by atoms with Crippen LogP contribution in [0.15, 0.2) is 48.7 Å². The Morgan fingerprint density at radius 3 is 2.82 bits per heavy atom. The summed E-state index contributed by atoms with van der Waals surface area (Å²) in [5.74, 6) is 0.0139. The number of Topliss-reactive ketones (excluding diaryl/α,β-unsaturated/α-hetero) is 1. The number of carbonyl (C=O) groups excluding carboxylic acids is 1. The molecule has 0 aliphatic carbocycles. The van der Waals surface area contributed by atoms with Crippen LogP contribution in [-0.4, -0.2) is 10.8 Å². The zero-order valence-corrected chi connectivity index (χ0v) is 10.1. The number of aromatic nitrogens is 1. The molecule has 0 spiro atoms. The van der Waals surface area contributed by atoms with Crippen LogP contribution in [0, 0.1) is 5.92 Å². The predicted octanol–water partition coefficient (Wildman–Crippen LogP) is 3.63. The summed E-state index contributed by atoms with van der Waals surface area (Å²) in [7, 11) is 0. The number of ketones is 1. The van der Waals surface area contributed by atoms with E-state index in [1.165, 1.54) is 0 Å². The van der Waals surface area contributed by atoms with Crippen LogP contribution in [0.4, 0.5) is 0 Å². The minimum atomic E-state index is -0.104. The van der Waals surface area contributed by atoms with E-state index < -0.39 is 0 Å². The van der Waals surface area contributed by atoms with Crippen LogP contribution in [0.3, 0.4) is 0 Å². The van der Waals surface area contributed by atoms with Crippen molar-refractivity contribution in [1.82, 2.24) is 4.98 Å². The van der Waals surface area contributed by atoms with Gasteiger partial charge in [0.1, 0.15) is 0 Å². The fraction of sp³-hybridized carbons (Fsp3) is 0.200. The third-order valence-electron chi connectivity index (χ3n) is 2.79. The molecule has 0 saturated carbocycles. The second kappa shape index (κ2) is 4.91. The average molecular weight is 225 g/mol. The Morgan fingerprint density at radius 1 is 1.29 bits per heavy atom. The molecule has 0 saturated heterocycles. The Balaban J connectivity index is 2.52. The van der Waals surface area contributed by atoms with Crippen molar-refractivity contribution in [3.8, 4) is 0 Å². The van der Waals surface area contributed by atoms with E-state index in [2.05, 4.69) is 4.98 Å². The van der Waals surface area contributed by atoms with Gasteiger partial charge in [0.15, 0.2) is 5.78 Å². The minimum Gasteiger partial charge on any atom is -0.293 e. The van der Waals surface area contributed by atoms with Gasteiger partial charge in [-0.2, -0.15) is 0 Å². The van der Waals surface area contributed by atoms with Crippen molar-refractivity contribution < 1.29 is 4.79 Å². The number of allylic oxidation sites excluding steroid dienone is 2. The normalized spacial score (nSPS) is 13.1. The molecule has 17 heavy (non-hydrogen) atoms. The molecule has 2 nitrogen and oxygen atoms in total. The Labute approximate surface area is 101 Å². The lowest BCUT2D eigenvalue weighted by molar-refractivity contribution is 0.0954. The lowest BCUT2D eigenvalue weighted by Crippen LogP contribution is -2.09. The van der Waals surface area contributed by atoms with Crippen molar-refractivity contribution in [2.24, 2.45) is 5.92 Å². The molecule has 0 radical (unpaired) electrons. The maximum Gasteiger partial charge on any atom is 0.171 e. The quantitative estimate of drug-likeness (QED) is 0.589. The van der Waals surface area contributed by atoms with E-state index in [4.69, 9.17) is 0 Å². The van der Waals surface area contributed by atoms with Gasteiger partial charge in [-0.3, -0.25) is 9.78 Å². The first-order valence-corrected chi connectivity index (χ1v) is 5.75. The molecular formula is C15H15NO. The molecule has 1 aromatic heterocycles. The maximum atomic E-state index is 12.3. The van der Waals surface area contributed by atoms with Crippen LogP contribution in [0.5, 0.6) is 0 Å². The summed E-state index contributed by atoms with van der Waals surface area (Å²) in [5.41, 5.74) is 1.49. The molecule has 2 rings (SSSR count). The maximum absolute atomic E-state index is 12.3. The highest BCUT2D eigenvalue weighted by molar-refractivity contribution is 6.08. The predicted molar refractivity (Wildman–Crippen MR) is 70.1 cm³/mol. The summed E-state index contributed by atoms with van der Waals surface area (Å²) in [6.45, 7) is 3.83. The number of hydrogen-bond acceptors (Lipinski definition) is 2. The lowest BCUT2D eigenvalue weighted by Gasteiger charge is -2.07. The van der Waals surface area contributed by atoms with E-state index >= 15 is 0 Å². The molecule has 0 aliphatic heterocycles. The van der Waals surface area contributed by atoms with E-state index in [0.717, 1.165) is 10.9 Å². The Hall–Kier alpha value is -1.96. The van der Waals surface area contributed by atoms with Crippen molar-refractivity contribution in [2.45, 2.75) is 13.8 Å². The van der Waals surface area contributed by atoms with Gasteiger partial charge in [0.05, 0.1) is 5.52 Å². The number of rotatable bonds is 3. The fourth-order valence-electron chi connectivity index (χ4n) is 1.92. The molecule has 86 valence electrons. The van der Waals surface area contributed by atoms with Gasteiger partial charge in [0, 0.05) is 23.1 Å². The van der Waals surface area contributed by atoms with E-state index in [9.17, 15) is 4.79 Å². The highest BCUT2D eigenvalue weighted by Gasteiger charge is 2.15. The van der Waals surface area contributed by atoms with Gasteiger partial charge in [-0.15, -0.1) is 0 Å². The summed E-state index contributed by atoms with van der Waals surface area (Å²) >= 11 is 0. The Morgan fingerprint density at radius 2 is 2.06 bits per heavy atom. The van der Waals surface area contributed by atoms with Crippen molar-refractivity contribution >= 4 is 16.7 Å². The summed E-state index contributed by atoms with van der Waals surface area (Å²) in [5, 5.41) is 1.01. The second-order valence-corrected chi connectivity index (χ2v) is 4.06. The largest absolute Gasteiger partial charge is 0.293 e. The SMILES string of the molecule is CC=CC(C)C(=O)c1cccc2cccnc12. The third-order valence-corrected chi connectivity index (χ3v) is 2.79. The molecule has 0 aliphatic rings. The lowest BCUT2D eigenvalue weighted by atomic mass is 9.97. The molecule has 0 bridgehead atoms. The van der Waals surface area contributed by atoms with Crippen molar-refractivity contribution in [3.05, 3.63) is 54.2 Å². The smallest absolute Gasteiger partial charge is 0.171 e. The van der Waals surface area contributed by atoms with Gasteiger partial charge in [-0.1, -0.05) is 37.3 Å². The number of fused-ring (bicyclic) bond motifs is 1. The van der Waals surface area contributed by atoms with Crippen LogP contribution < -0.4 is 0 Å². The van der Waals surface area contributed by atoms with Crippen molar-refractivity contribution in [1.29, 1.82) is 0 Å². The fourth-order valence-corrected chi connectivity index (χ4v) is 1.92. The second-order valence-electron chi connectivity index (χ2n) is 4.06.